The van der Waals surface area contributed by atoms with Gasteiger partial charge in [-0.25, -0.2) is 8.42 Å². The van der Waals surface area contributed by atoms with Gasteiger partial charge in [-0.3, -0.25) is 4.79 Å². The van der Waals surface area contributed by atoms with Crippen molar-refractivity contribution in [1.82, 2.24) is 9.62 Å². The average molecular weight is 381 g/mol. The van der Waals surface area contributed by atoms with Crippen molar-refractivity contribution in [3.05, 3.63) is 34.4 Å². The van der Waals surface area contributed by atoms with Crippen LogP contribution in [0.4, 0.5) is 0 Å². The van der Waals surface area contributed by atoms with Crippen molar-refractivity contribution in [2.75, 3.05) is 12.8 Å². The number of sulfonamides is 1. The Kier molecular flexibility index (Phi) is 6.86. The van der Waals surface area contributed by atoms with Crippen molar-refractivity contribution in [3.8, 4) is 0 Å². The number of carbonyl (C=O) groups is 1. The quantitative estimate of drug-likeness (QED) is 0.823. The summed E-state index contributed by atoms with van der Waals surface area (Å²) >= 11 is 0. The van der Waals surface area contributed by atoms with E-state index in [0.717, 1.165) is 43.2 Å². The summed E-state index contributed by atoms with van der Waals surface area (Å²) in [5.74, 6) is -0.244. The standard InChI is InChI=1S/C20H32N2O3S/c1-14-11-16(3)19(12-15(14)2)17(4)21-20(23)13-22(26(5,24)25)18-9-7-6-8-10-18/h11-12,17-18H,6-10,13H2,1-5H3,(H,21,23). The minimum Gasteiger partial charge on any atom is -0.348 e. The molecule has 1 N–H and O–H groups in total. The van der Waals surface area contributed by atoms with Gasteiger partial charge < -0.3 is 5.32 Å². The Hall–Kier alpha value is -1.40. The summed E-state index contributed by atoms with van der Waals surface area (Å²) < 4.78 is 25.8. The zero-order chi connectivity index (χ0) is 19.5. The van der Waals surface area contributed by atoms with E-state index in [1.54, 1.807) is 0 Å². The fraction of sp³-hybridized carbons (Fsp3) is 0.650. The molecule has 146 valence electrons. The molecule has 26 heavy (non-hydrogen) atoms. The van der Waals surface area contributed by atoms with E-state index in [-0.39, 0.29) is 24.5 Å². The number of hydrogen-bond acceptors (Lipinski definition) is 3. The first-order chi connectivity index (χ1) is 12.1. The molecule has 0 radical (unpaired) electrons. The third-order valence-corrected chi connectivity index (χ3v) is 6.71. The molecule has 0 spiro atoms. The zero-order valence-corrected chi connectivity index (χ0v) is 17.4. The van der Waals surface area contributed by atoms with E-state index in [1.165, 1.54) is 21.7 Å². The summed E-state index contributed by atoms with van der Waals surface area (Å²) in [5, 5.41) is 2.98. The summed E-state index contributed by atoms with van der Waals surface area (Å²) in [5.41, 5.74) is 4.62. The lowest BCUT2D eigenvalue weighted by molar-refractivity contribution is -0.122. The minimum atomic E-state index is -3.41. The van der Waals surface area contributed by atoms with E-state index in [9.17, 15) is 13.2 Å². The molecule has 1 aliphatic carbocycles. The molecule has 1 aromatic carbocycles. The number of aryl methyl sites for hydroxylation is 3. The number of nitrogens with zero attached hydrogens (tertiary/aromatic N) is 1. The van der Waals surface area contributed by atoms with Gasteiger partial charge in [0.05, 0.1) is 18.8 Å². The largest absolute Gasteiger partial charge is 0.348 e. The molecule has 1 saturated carbocycles. The van der Waals surface area contributed by atoms with E-state index in [1.807, 2.05) is 13.8 Å². The second-order valence-electron chi connectivity index (χ2n) is 7.68. The van der Waals surface area contributed by atoms with Crippen LogP contribution in [-0.4, -0.2) is 37.5 Å². The van der Waals surface area contributed by atoms with Crippen LogP contribution in [0.15, 0.2) is 12.1 Å². The first-order valence-electron chi connectivity index (χ1n) is 9.43. The number of benzene rings is 1. The van der Waals surface area contributed by atoms with E-state index in [4.69, 9.17) is 0 Å². The second kappa shape index (κ2) is 8.53. The molecular formula is C20H32N2O3S. The topological polar surface area (TPSA) is 66.5 Å². The Morgan fingerprint density at radius 2 is 1.69 bits per heavy atom. The van der Waals surface area contributed by atoms with Crippen molar-refractivity contribution in [1.29, 1.82) is 0 Å². The highest BCUT2D eigenvalue weighted by Crippen LogP contribution is 2.25. The smallest absolute Gasteiger partial charge is 0.235 e. The van der Waals surface area contributed by atoms with Gasteiger partial charge in [0.15, 0.2) is 0 Å². The Balaban J connectivity index is 2.09. The number of hydrogen-bond donors (Lipinski definition) is 1. The van der Waals surface area contributed by atoms with Crippen molar-refractivity contribution in [2.45, 2.75) is 71.9 Å². The molecule has 0 saturated heterocycles. The van der Waals surface area contributed by atoms with Gasteiger partial charge in [0, 0.05) is 6.04 Å². The first-order valence-corrected chi connectivity index (χ1v) is 11.3. The Morgan fingerprint density at radius 1 is 1.12 bits per heavy atom. The highest BCUT2D eigenvalue weighted by Gasteiger charge is 2.30. The molecule has 6 heteroatoms. The SMILES string of the molecule is Cc1cc(C)c(C(C)NC(=O)CN(C2CCCCC2)S(C)(=O)=O)cc1C. The maximum atomic E-state index is 12.6. The van der Waals surface area contributed by atoms with Crippen LogP contribution in [0.3, 0.4) is 0 Å². The lowest BCUT2D eigenvalue weighted by Gasteiger charge is -2.32. The predicted octanol–water partition coefficient (Wildman–Crippen LogP) is 3.38. The number of rotatable bonds is 6. The van der Waals surface area contributed by atoms with Crippen LogP contribution >= 0.6 is 0 Å². The molecule has 1 fully saturated rings. The normalized spacial score (nSPS) is 17.3. The van der Waals surface area contributed by atoms with Crippen LogP contribution in [0.1, 0.15) is 67.3 Å². The minimum absolute atomic E-state index is 0.0526. The number of carbonyl (C=O) groups excluding carboxylic acids is 1. The first kappa shape index (κ1) is 20.9. The lowest BCUT2D eigenvalue weighted by atomic mass is 9.95. The third kappa shape index (κ3) is 5.30. The van der Waals surface area contributed by atoms with Crippen molar-refractivity contribution >= 4 is 15.9 Å². The Morgan fingerprint density at radius 3 is 2.27 bits per heavy atom. The van der Waals surface area contributed by atoms with Crippen LogP contribution in [-0.2, 0) is 14.8 Å². The van der Waals surface area contributed by atoms with Gasteiger partial charge in [-0.1, -0.05) is 31.4 Å². The second-order valence-corrected chi connectivity index (χ2v) is 9.62. The third-order valence-electron chi connectivity index (χ3n) is 5.43. The molecule has 0 aliphatic heterocycles. The Labute approximate surface area is 158 Å². The highest BCUT2D eigenvalue weighted by atomic mass is 32.2. The average Bonchev–Trinajstić information content (AvgIpc) is 2.55. The van der Waals surface area contributed by atoms with Crippen LogP contribution in [0.25, 0.3) is 0 Å². The molecular weight excluding hydrogens is 348 g/mol. The fourth-order valence-electron chi connectivity index (χ4n) is 3.84. The lowest BCUT2D eigenvalue weighted by Crippen LogP contribution is -2.47. The molecule has 5 nitrogen and oxygen atoms in total. The monoisotopic (exact) mass is 380 g/mol. The van der Waals surface area contributed by atoms with Gasteiger partial charge in [0.2, 0.25) is 15.9 Å². The van der Waals surface area contributed by atoms with E-state index < -0.39 is 10.0 Å². The van der Waals surface area contributed by atoms with Crippen LogP contribution in [0.5, 0.6) is 0 Å². The van der Waals surface area contributed by atoms with Gasteiger partial charge >= 0.3 is 0 Å². The summed E-state index contributed by atoms with van der Waals surface area (Å²) in [6, 6.07) is 4.01. The molecule has 0 heterocycles. The molecule has 1 unspecified atom stereocenters. The molecule has 0 aromatic heterocycles. The van der Waals surface area contributed by atoms with Gasteiger partial charge in [0.1, 0.15) is 0 Å². The highest BCUT2D eigenvalue weighted by molar-refractivity contribution is 7.88. The maximum absolute atomic E-state index is 12.6. The molecule has 1 aromatic rings. The zero-order valence-electron chi connectivity index (χ0n) is 16.6. The predicted molar refractivity (Wildman–Crippen MR) is 106 cm³/mol. The van der Waals surface area contributed by atoms with Crippen LogP contribution < -0.4 is 5.32 Å². The van der Waals surface area contributed by atoms with Crippen molar-refractivity contribution < 1.29 is 13.2 Å². The van der Waals surface area contributed by atoms with Gasteiger partial charge in [-0.05, 0) is 62.8 Å². The summed E-state index contributed by atoms with van der Waals surface area (Å²) in [7, 11) is -3.41. The Bertz CT molecular complexity index is 753. The summed E-state index contributed by atoms with van der Waals surface area (Å²) in [6.45, 7) is 8.01. The van der Waals surface area contributed by atoms with Gasteiger partial charge in [0.25, 0.3) is 0 Å². The van der Waals surface area contributed by atoms with E-state index >= 15 is 0 Å². The fourth-order valence-corrected chi connectivity index (χ4v) is 4.95. The van der Waals surface area contributed by atoms with Gasteiger partial charge in [-0.15, -0.1) is 0 Å². The van der Waals surface area contributed by atoms with E-state index in [0.29, 0.717) is 0 Å². The molecule has 1 atom stereocenters. The number of amides is 1. The summed E-state index contributed by atoms with van der Waals surface area (Å²) in [6.07, 6.45) is 6.07. The molecule has 0 bridgehead atoms. The maximum Gasteiger partial charge on any atom is 0.235 e. The van der Waals surface area contributed by atoms with Crippen molar-refractivity contribution in [2.24, 2.45) is 0 Å². The van der Waals surface area contributed by atoms with Crippen molar-refractivity contribution in [3.63, 3.8) is 0 Å². The molecule has 2 rings (SSSR count). The van der Waals surface area contributed by atoms with Crippen LogP contribution in [0.2, 0.25) is 0 Å². The molecule has 1 aliphatic rings. The number of nitrogens with one attached hydrogen (secondary N) is 1. The molecule has 1 amide bonds. The summed E-state index contributed by atoms with van der Waals surface area (Å²) in [4.78, 5) is 12.6. The van der Waals surface area contributed by atoms with E-state index in [2.05, 4.69) is 31.3 Å². The van der Waals surface area contributed by atoms with Crippen LogP contribution in [0, 0.1) is 20.8 Å². The van der Waals surface area contributed by atoms with Gasteiger partial charge in [-0.2, -0.15) is 4.31 Å².